The van der Waals surface area contributed by atoms with E-state index >= 15 is 0 Å². The fourth-order valence-corrected chi connectivity index (χ4v) is 15.0. The summed E-state index contributed by atoms with van der Waals surface area (Å²) in [5.74, 6) is 11.1. The number of allylic oxidation sites excluding steroid dienone is 4. The van der Waals surface area contributed by atoms with Crippen LogP contribution in [0.15, 0.2) is 22.3 Å². The van der Waals surface area contributed by atoms with Crippen LogP contribution in [0.25, 0.3) is 0 Å². The van der Waals surface area contributed by atoms with Crippen LogP contribution in [-0.2, 0) is 20.7 Å². The number of carbonyl (C=O) groups excluding carboxylic acids is 2. The molecule has 1 aliphatic carbocycles. The van der Waals surface area contributed by atoms with E-state index in [1.165, 1.54) is 147 Å². The number of Topliss-reactive ketones (excluding diaryl/α,β-unsaturated/α-hetero) is 2. The molecule has 0 aromatic heterocycles. The number of rotatable bonds is 46. The summed E-state index contributed by atoms with van der Waals surface area (Å²) in [7, 11) is 6.82. The van der Waals surface area contributed by atoms with E-state index in [1.54, 1.807) is 49.2 Å². The molecule has 620 valence electrons. The summed E-state index contributed by atoms with van der Waals surface area (Å²) in [5.41, 5.74) is 9.80. The zero-order valence-electron chi connectivity index (χ0n) is 71.8. The van der Waals surface area contributed by atoms with Crippen molar-refractivity contribution in [3.63, 3.8) is 0 Å². The first kappa shape index (κ1) is 114. The summed E-state index contributed by atoms with van der Waals surface area (Å²) in [5, 5.41) is 21.9. The Labute approximate surface area is 674 Å². The van der Waals surface area contributed by atoms with Gasteiger partial charge in [0.2, 0.25) is 0 Å². The number of aliphatic hydroxyl groups is 2. The molecule has 2 aromatic rings. The predicted octanol–water partition coefficient (Wildman–Crippen LogP) is 25.7. The molecule has 10 heteroatoms. The van der Waals surface area contributed by atoms with Crippen LogP contribution in [0.1, 0.15) is 399 Å². The zero-order chi connectivity index (χ0) is 76.3. The third-order valence-corrected chi connectivity index (χ3v) is 23.1. The van der Waals surface area contributed by atoms with Crippen LogP contribution < -0.4 is 37.8 Å². The van der Waals surface area contributed by atoms with Crippen molar-refractivity contribution >= 4 is 11.6 Å². The first-order valence-corrected chi connectivity index (χ1v) is 40.5. The van der Waals surface area contributed by atoms with Crippen molar-refractivity contribution in [2.24, 2.45) is 53.3 Å². The van der Waals surface area contributed by atoms with Gasteiger partial charge in [0.1, 0.15) is 11.5 Å². The van der Waals surface area contributed by atoms with E-state index in [9.17, 15) is 19.8 Å². The molecule has 0 unspecified atom stereocenters. The number of hydrogen-bond acceptors (Lipinski definition) is 9. The summed E-state index contributed by atoms with van der Waals surface area (Å²) in [6.45, 7) is 56.9. The molecule has 9 atom stereocenters. The Balaban J connectivity index is -0.000000322. The summed E-state index contributed by atoms with van der Waals surface area (Å²) >= 11 is 0. The third-order valence-electron chi connectivity index (χ3n) is 23.1. The molecule has 1 heterocycles. The van der Waals surface area contributed by atoms with Crippen LogP contribution in [0.3, 0.4) is 0 Å². The topological polar surface area (TPSA) is 124 Å². The molecule has 4 rings (SSSR count). The number of ether oxygens (including phenoxy) is 5. The SMILES string of the molecule is C.C.C.C.C.CC(C)CCC[C@@H](C)CCC[C@@H](C)CCC[C@]1(C)CO1.CC1=C(C)C(=O)C(CC[C@](C)(O)CCC[C@H](C)CCC[C@H](C)CCCC(C)C)=C(C)C1=O.COc1c(C)c(C)c(OC)c(CC[C@](C)(O)CCC[C@H](C)CCC[C@H](C)CCCC(C)C)c1C.[CH2-]c1c(C)c(OC)c(C)c(C)c1OC.[Li+]. The van der Waals surface area contributed by atoms with E-state index in [1.807, 2.05) is 34.6 Å². The maximum absolute atomic E-state index is 12.6. The molecule has 106 heavy (non-hydrogen) atoms. The Bertz CT molecular complexity index is 2660. The van der Waals surface area contributed by atoms with Gasteiger partial charge in [0.05, 0.1) is 57.6 Å². The molecule has 0 radical (unpaired) electrons. The average Bonchev–Trinajstić information content (AvgIpc) is 1.03. The quantitative estimate of drug-likeness (QED) is 0.0289. The molecule has 0 saturated carbocycles. The summed E-state index contributed by atoms with van der Waals surface area (Å²) in [6, 6.07) is 0. The van der Waals surface area contributed by atoms with Gasteiger partial charge >= 0.3 is 18.9 Å². The van der Waals surface area contributed by atoms with Gasteiger partial charge in [-0.15, -0.1) is 11.1 Å². The van der Waals surface area contributed by atoms with E-state index in [-0.39, 0.29) is 73.2 Å². The fourth-order valence-electron chi connectivity index (χ4n) is 15.0. The number of ketones is 2. The van der Waals surface area contributed by atoms with E-state index < -0.39 is 11.2 Å². The van der Waals surface area contributed by atoms with Crippen molar-refractivity contribution < 1.29 is 62.3 Å². The van der Waals surface area contributed by atoms with Crippen LogP contribution >= 0.6 is 0 Å². The normalized spacial score (nSPS) is 16.7. The molecule has 1 fully saturated rings. The number of carbonyl (C=O) groups is 2. The maximum atomic E-state index is 12.6. The Morgan fingerprint density at radius 2 is 0.660 bits per heavy atom. The molecule has 9 nitrogen and oxygen atoms in total. The first-order valence-electron chi connectivity index (χ1n) is 40.5. The van der Waals surface area contributed by atoms with Gasteiger partial charge in [-0.1, -0.05) is 287 Å². The van der Waals surface area contributed by atoms with Gasteiger partial charge in [0.15, 0.2) is 11.6 Å². The molecule has 0 bridgehead atoms. The zero-order valence-corrected chi connectivity index (χ0v) is 71.8. The van der Waals surface area contributed by atoms with E-state index in [0.29, 0.717) is 41.1 Å². The molecule has 1 aliphatic heterocycles. The third kappa shape index (κ3) is 44.2. The Hall–Kier alpha value is -3.19. The van der Waals surface area contributed by atoms with E-state index in [2.05, 4.69) is 118 Å². The second-order valence-electron chi connectivity index (χ2n) is 34.7. The second-order valence-corrected chi connectivity index (χ2v) is 34.7. The minimum absolute atomic E-state index is 0. The van der Waals surface area contributed by atoms with Crippen molar-refractivity contribution in [1.82, 2.24) is 0 Å². The largest absolute Gasteiger partial charge is 1.00 e. The molecule has 2 aliphatic rings. The van der Waals surface area contributed by atoms with Crippen LogP contribution in [0.4, 0.5) is 0 Å². The molecule has 2 N–H and O–H groups in total. The molecular weight excluding hydrogens is 1300 g/mol. The van der Waals surface area contributed by atoms with Gasteiger partial charge in [-0.25, -0.2) is 0 Å². The summed E-state index contributed by atoms with van der Waals surface area (Å²) in [4.78, 5) is 24.9. The van der Waals surface area contributed by atoms with Crippen molar-refractivity contribution in [3.8, 4) is 23.0 Å². The minimum Gasteiger partial charge on any atom is -0.553 e. The van der Waals surface area contributed by atoms with E-state index in [0.717, 1.165) is 161 Å². The number of epoxide rings is 1. The second kappa shape index (κ2) is 58.7. The van der Waals surface area contributed by atoms with Crippen LogP contribution in [0.2, 0.25) is 0 Å². The van der Waals surface area contributed by atoms with Crippen molar-refractivity contribution in [3.05, 3.63) is 73.7 Å². The Morgan fingerprint density at radius 1 is 0.387 bits per heavy atom. The number of methoxy groups -OCH3 is 4. The van der Waals surface area contributed by atoms with Gasteiger partial charge < -0.3 is 33.9 Å². The molecular formula is C96H181LiO9. The number of hydrogen-bond donors (Lipinski definition) is 2. The first-order chi connectivity index (χ1) is 46.7. The van der Waals surface area contributed by atoms with Gasteiger partial charge in [0, 0.05) is 33.6 Å². The van der Waals surface area contributed by atoms with Crippen molar-refractivity contribution in [2.75, 3.05) is 35.0 Å². The number of benzene rings is 2. The fraction of sp³-hybridized carbons (Fsp3) is 0.802. The van der Waals surface area contributed by atoms with Crippen molar-refractivity contribution in [1.29, 1.82) is 0 Å². The van der Waals surface area contributed by atoms with Gasteiger partial charge in [-0.05, 0) is 197 Å². The van der Waals surface area contributed by atoms with Crippen LogP contribution in [0.5, 0.6) is 23.0 Å². The average molecular weight is 1490 g/mol. The summed E-state index contributed by atoms with van der Waals surface area (Å²) < 4.78 is 27.5. The van der Waals surface area contributed by atoms with Crippen molar-refractivity contribution in [2.45, 2.75) is 419 Å². The molecule has 2 aromatic carbocycles. The summed E-state index contributed by atoms with van der Waals surface area (Å²) in [6.07, 6.45) is 37.2. The van der Waals surface area contributed by atoms with Gasteiger partial charge in [0.25, 0.3) is 0 Å². The van der Waals surface area contributed by atoms with Crippen LogP contribution in [-0.4, -0.2) is 73.6 Å². The minimum atomic E-state index is -0.800. The van der Waals surface area contributed by atoms with Gasteiger partial charge in [-0.2, -0.15) is 6.92 Å². The predicted molar refractivity (Wildman–Crippen MR) is 464 cm³/mol. The standard InChI is InChI=1S/C31H56O3.C29H50O3.C19H38O.C12H17O2.5CH4.Li/c1-22(2)14-11-15-23(3)16-12-17-24(4)18-13-20-31(8,32)21-19-28-27(7)29(33-9)25(5)26(6)30(28)34-10;1-20(2)12-9-13-21(3)14-10-15-22(4)16-11-18-29(8,32)19-17-26-25(7)27(30)23(5)24(6)28(26)31;1-16(2)9-6-10-17(3)11-7-12-18(4)13-8-14-19(5)15-20-19;1-7-8(2)12(14-6)10(4)9(3)11(7)13-5;;;;;;/h22-24,32H,11-21H2,1-10H3;20-22,32H,9-19H2,1-8H3;16-18H,6-15H2,1-5H3;1H2,2-6H3;5*1H4;/q;;;-1;;;;;;+1/t23-,24-,31-;21-,22-,29-;17-,18-,19-;;;;;;;/m111......./s1. The molecule has 0 spiro atoms. The Kier molecular flexibility index (Phi) is 62.9. The van der Waals surface area contributed by atoms with Crippen LogP contribution in [0, 0.1) is 102 Å². The Morgan fingerprint density at radius 3 is 0.981 bits per heavy atom. The molecule has 1 saturated heterocycles. The monoisotopic (exact) mass is 1490 g/mol. The maximum Gasteiger partial charge on any atom is 1.00 e. The smallest absolute Gasteiger partial charge is 0.553 e. The van der Waals surface area contributed by atoms with E-state index in [4.69, 9.17) is 23.7 Å². The molecule has 0 amide bonds. The van der Waals surface area contributed by atoms with Gasteiger partial charge in [-0.3, -0.25) is 9.59 Å².